The maximum Gasteiger partial charge on any atom is 0.151 e. The van der Waals surface area contributed by atoms with Crippen molar-refractivity contribution in [1.82, 2.24) is 15.4 Å². The number of ether oxygens (including phenoxy) is 1. The van der Waals surface area contributed by atoms with Gasteiger partial charge in [0.05, 0.1) is 18.8 Å². The number of hydrogen-bond donors (Lipinski definition) is 1. The fraction of sp³-hybridized carbons (Fsp3) is 0.727. The van der Waals surface area contributed by atoms with E-state index in [2.05, 4.69) is 22.3 Å². The SMILES string of the molecule is CCN(CCOC)Cc1cc(CNC)no1. The Hall–Kier alpha value is -0.910. The summed E-state index contributed by atoms with van der Waals surface area (Å²) in [6.45, 7) is 6.29. The summed E-state index contributed by atoms with van der Waals surface area (Å²) >= 11 is 0. The molecule has 0 spiro atoms. The molecule has 0 fully saturated rings. The van der Waals surface area contributed by atoms with E-state index in [1.165, 1.54) is 0 Å². The quantitative estimate of drug-likeness (QED) is 0.714. The Bertz CT molecular complexity index is 289. The van der Waals surface area contributed by atoms with Gasteiger partial charge in [0, 0.05) is 26.3 Å². The van der Waals surface area contributed by atoms with Crippen LogP contribution in [0.15, 0.2) is 10.6 Å². The second-order valence-corrected chi connectivity index (χ2v) is 3.68. The Morgan fingerprint density at radius 1 is 1.56 bits per heavy atom. The van der Waals surface area contributed by atoms with Crippen molar-refractivity contribution in [2.75, 3.05) is 33.9 Å². The summed E-state index contributed by atoms with van der Waals surface area (Å²) < 4.78 is 10.3. The molecule has 1 rings (SSSR count). The smallest absolute Gasteiger partial charge is 0.151 e. The zero-order valence-corrected chi connectivity index (χ0v) is 10.3. The highest BCUT2D eigenvalue weighted by molar-refractivity contribution is 5.04. The Morgan fingerprint density at radius 3 is 3.00 bits per heavy atom. The van der Waals surface area contributed by atoms with E-state index in [4.69, 9.17) is 9.26 Å². The van der Waals surface area contributed by atoms with Gasteiger partial charge in [0.1, 0.15) is 0 Å². The zero-order valence-electron chi connectivity index (χ0n) is 10.3. The predicted octanol–water partition coefficient (Wildman–Crippen LogP) is 0.862. The van der Waals surface area contributed by atoms with Gasteiger partial charge >= 0.3 is 0 Å². The van der Waals surface area contributed by atoms with Gasteiger partial charge in [0.25, 0.3) is 0 Å². The van der Waals surface area contributed by atoms with Crippen molar-refractivity contribution in [2.45, 2.75) is 20.0 Å². The number of rotatable bonds is 8. The molecule has 0 saturated heterocycles. The van der Waals surface area contributed by atoms with Crippen LogP contribution in [0.3, 0.4) is 0 Å². The first-order valence-corrected chi connectivity index (χ1v) is 5.60. The first-order chi connectivity index (χ1) is 7.80. The maximum atomic E-state index is 5.26. The van der Waals surface area contributed by atoms with E-state index in [0.717, 1.165) is 44.2 Å². The van der Waals surface area contributed by atoms with Gasteiger partial charge in [-0.05, 0) is 13.6 Å². The number of likely N-dealkylation sites (N-methyl/N-ethyl adjacent to an activating group) is 1. The van der Waals surface area contributed by atoms with Crippen LogP contribution in [0.4, 0.5) is 0 Å². The van der Waals surface area contributed by atoms with Gasteiger partial charge in [-0.2, -0.15) is 0 Å². The van der Waals surface area contributed by atoms with Gasteiger partial charge in [-0.3, -0.25) is 4.90 Å². The highest BCUT2D eigenvalue weighted by Crippen LogP contribution is 2.07. The van der Waals surface area contributed by atoms with Crippen LogP contribution in [0.2, 0.25) is 0 Å². The lowest BCUT2D eigenvalue weighted by molar-refractivity contribution is 0.141. The summed E-state index contributed by atoms with van der Waals surface area (Å²) in [5.41, 5.74) is 0.945. The summed E-state index contributed by atoms with van der Waals surface area (Å²) in [6, 6.07) is 1.99. The molecular weight excluding hydrogens is 206 g/mol. The van der Waals surface area contributed by atoms with E-state index in [0.29, 0.717) is 0 Å². The van der Waals surface area contributed by atoms with Crippen molar-refractivity contribution in [3.63, 3.8) is 0 Å². The molecule has 0 saturated carbocycles. The molecule has 0 aliphatic rings. The molecule has 1 aromatic rings. The summed E-state index contributed by atoms with van der Waals surface area (Å²) in [5, 5.41) is 7.02. The fourth-order valence-corrected chi connectivity index (χ4v) is 1.48. The second-order valence-electron chi connectivity index (χ2n) is 3.68. The van der Waals surface area contributed by atoms with Gasteiger partial charge in [0.2, 0.25) is 0 Å². The Morgan fingerprint density at radius 2 is 2.38 bits per heavy atom. The summed E-state index contributed by atoms with van der Waals surface area (Å²) in [4.78, 5) is 2.26. The Kier molecular flexibility index (Phi) is 6.07. The van der Waals surface area contributed by atoms with Crippen molar-refractivity contribution in [3.8, 4) is 0 Å². The topological polar surface area (TPSA) is 50.5 Å². The van der Waals surface area contributed by atoms with Crippen LogP contribution in [0.5, 0.6) is 0 Å². The van der Waals surface area contributed by atoms with Crippen molar-refractivity contribution >= 4 is 0 Å². The number of nitrogens with one attached hydrogen (secondary N) is 1. The highest BCUT2D eigenvalue weighted by atomic mass is 16.5. The molecule has 5 heteroatoms. The highest BCUT2D eigenvalue weighted by Gasteiger charge is 2.08. The van der Waals surface area contributed by atoms with Crippen LogP contribution < -0.4 is 5.32 Å². The molecular formula is C11H21N3O2. The van der Waals surface area contributed by atoms with Crippen LogP contribution in [-0.2, 0) is 17.8 Å². The molecule has 0 aliphatic heterocycles. The van der Waals surface area contributed by atoms with Gasteiger partial charge in [0.15, 0.2) is 5.76 Å². The molecule has 0 bridgehead atoms. The third kappa shape index (κ3) is 4.30. The minimum atomic E-state index is 0.741. The van der Waals surface area contributed by atoms with Crippen molar-refractivity contribution in [1.29, 1.82) is 0 Å². The molecule has 0 unspecified atom stereocenters. The predicted molar refractivity (Wildman–Crippen MR) is 62.1 cm³/mol. The van der Waals surface area contributed by atoms with Gasteiger partial charge in [-0.25, -0.2) is 0 Å². The molecule has 0 amide bonds. The Balaban J connectivity index is 2.43. The first-order valence-electron chi connectivity index (χ1n) is 5.60. The van der Waals surface area contributed by atoms with Crippen molar-refractivity contribution < 1.29 is 9.26 Å². The standard InChI is InChI=1S/C11H21N3O2/c1-4-14(5-6-15-3)9-11-7-10(8-12-2)13-16-11/h7,12H,4-6,8-9H2,1-3H3. The average molecular weight is 227 g/mol. The maximum absolute atomic E-state index is 5.26. The number of hydrogen-bond acceptors (Lipinski definition) is 5. The number of methoxy groups -OCH3 is 1. The molecule has 16 heavy (non-hydrogen) atoms. The van der Waals surface area contributed by atoms with Crippen LogP contribution >= 0.6 is 0 Å². The molecule has 0 aromatic carbocycles. The van der Waals surface area contributed by atoms with Gasteiger partial charge in [-0.1, -0.05) is 12.1 Å². The van der Waals surface area contributed by atoms with E-state index in [9.17, 15) is 0 Å². The zero-order chi connectivity index (χ0) is 11.8. The molecule has 1 aromatic heterocycles. The molecule has 92 valence electrons. The normalized spacial score (nSPS) is 11.2. The minimum Gasteiger partial charge on any atom is -0.383 e. The van der Waals surface area contributed by atoms with Crippen molar-refractivity contribution in [3.05, 3.63) is 17.5 Å². The van der Waals surface area contributed by atoms with Gasteiger partial charge in [-0.15, -0.1) is 0 Å². The van der Waals surface area contributed by atoms with Crippen LogP contribution in [0.1, 0.15) is 18.4 Å². The average Bonchev–Trinajstić information content (AvgIpc) is 2.72. The number of aromatic nitrogens is 1. The lowest BCUT2D eigenvalue weighted by Gasteiger charge is -2.17. The minimum absolute atomic E-state index is 0.741. The van der Waals surface area contributed by atoms with Crippen molar-refractivity contribution in [2.24, 2.45) is 0 Å². The molecule has 0 aliphatic carbocycles. The monoisotopic (exact) mass is 227 g/mol. The Labute approximate surface area is 96.7 Å². The molecule has 1 N–H and O–H groups in total. The first kappa shape index (κ1) is 13.2. The van der Waals surface area contributed by atoms with E-state index in [1.807, 2.05) is 13.1 Å². The molecule has 0 radical (unpaired) electrons. The van der Waals surface area contributed by atoms with Crippen LogP contribution in [0.25, 0.3) is 0 Å². The van der Waals surface area contributed by atoms with E-state index in [-0.39, 0.29) is 0 Å². The van der Waals surface area contributed by atoms with E-state index >= 15 is 0 Å². The molecule has 5 nitrogen and oxygen atoms in total. The van der Waals surface area contributed by atoms with Crippen LogP contribution in [0, 0.1) is 0 Å². The van der Waals surface area contributed by atoms with Gasteiger partial charge < -0.3 is 14.6 Å². The largest absolute Gasteiger partial charge is 0.383 e. The third-order valence-electron chi connectivity index (χ3n) is 2.40. The summed E-state index contributed by atoms with van der Waals surface area (Å²) in [6.07, 6.45) is 0. The fourth-order valence-electron chi connectivity index (χ4n) is 1.48. The third-order valence-corrected chi connectivity index (χ3v) is 2.40. The van der Waals surface area contributed by atoms with E-state index in [1.54, 1.807) is 7.11 Å². The summed E-state index contributed by atoms with van der Waals surface area (Å²) in [7, 11) is 3.61. The number of nitrogens with zero attached hydrogens (tertiary/aromatic N) is 2. The molecule has 1 heterocycles. The molecule has 0 atom stereocenters. The lowest BCUT2D eigenvalue weighted by atomic mass is 10.3. The second kappa shape index (κ2) is 7.38. The summed E-state index contributed by atoms with van der Waals surface area (Å²) in [5.74, 6) is 0.906. The van der Waals surface area contributed by atoms with Crippen LogP contribution in [-0.4, -0.2) is 43.9 Å². The van der Waals surface area contributed by atoms with E-state index < -0.39 is 0 Å². The lowest BCUT2D eigenvalue weighted by Crippen LogP contribution is -2.26.